The number of aromatic nitrogens is 1. The van der Waals surface area contributed by atoms with Gasteiger partial charge in [-0.1, -0.05) is 0 Å². The second-order valence-electron chi connectivity index (χ2n) is 4.55. The van der Waals surface area contributed by atoms with Gasteiger partial charge in [0.2, 0.25) is 0 Å². The summed E-state index contributed by atoms with van der Waals surface area (Å²) in [5.41, 5.74) is 0.431. The number of pyridine rings is 1. The van der Waals surface area contributed by atoms with E-state index < -0.39 is 6.10 Å². The van der Waals surface area contributed by atoms with Crippen LogP contribution in [0.3, 0.4) is 0 Å². The second-order valence-corrected chi connectivity index (χ2v) is 4.55. The quantitative estimate of drug-likeness (QED) is 0.852. The van der Waals surface area contributed by atoms with Crippen molar-refractivity contribution in [3.63, 3.8) is 0 Å². The van der Waals surface area contributed by atoms with Gasteiger partial charge < -0.3 is 14.6 Å². The van der Waals surface area contributed by atoms with Crippen LogP contribution in [0.1, 0.15) is 37.5 Å². The summed E-state index contributed by atoms with van der Waals surface area (Å²) in [6.07, 6.45) is 4.80. The fourth-order valence-electron chi connectivity index (χ4n) is 2.34. The summed E-state index contributed by atoms with van der Waals surface area (Å²) in [5.74, 6) is 0.630. The summed E-state index contributed by atoms with van der Waals surface area (Å²) in [6, 6.07) is 3.61. The zero-order chi connectivity index (χ0) is 12.3. The molecule has 1 aromatic heterocycles. The summed E-state index contributed by atoms with van der Waals surface area (Å²) < 4.78 is 10.7. The van der Waals surface area contributed by atoms with Crippen molar-refractivity contribution >= 4 is 0 Å². The topological polar surface area (TPSA) is 51.6 Å². The van der Waals surface area contributed by atoms with E-state index in [0.717, 1.165) is 12.8 Å². The van der Waals surface area contributed by atoms with Gasteiger partial charge in [-0.3, -0.25) is 4.98 Å². The highest BCUT2D eigenvalue weighted by molar-refractivity contribution is 5.28. The molecule has 0 amide bonds. The smallest absolute Gasteiger partial charge is 0.143 e. The Morgan fingerprint density at radius 2 is 2.24 bits per heavy atom. The van der Waals surface area contributed by atoms with E-state index in [1.54, 1.807) is 26.5 Å². The minimum atomic E-state index is -0.633. The summed E-state index contributed by atoms with van der Waals surface area (Å²) in [5, 5.41) is 10.2. The minimum absolute atomic E-state index is 0.165. The molecule has 2 rings (SSSR count). The van der Waals surface area contributed by atoms with Gasteiger partial charge >= 0.3 is 0 Å². The molecule has 0 spiro atoms. The average Bonchev–Trinajstić information content (AvgIpc) is 2.33. The molecule has 4 nitrogen and oxygen atoms in total. The molecule has 1 aliphatic carbocycles. The molecule has 94 valence electrons. The van der Waals surface area contributed by atoms with E-state index in [1.807, 2.05) is 6.07 Å². The molecular formula is C13H19NO3. The Labute approximate surface area is 102 Å². The molecule has 0 aliphatic heterocycles. The number of hydrogen-bond acceptors (Lipinski definition) is 4. The molecule has 1 N–H and O–H groups in total. The number of methoxy groups -OCH3 is 2. The number of aliphatic hydroxyl groups excluding tert-OH is 1. The Bertz CT molecular complexity index is 371. The number of nitrogens with zero attached hydrogens (tertiary/aromatic N) is 1. The lowest BCUT2D eigenvalue weighted by Crippen LogP contribution is -2.40. The standard InChI is InChI=1S/C13H19NO3/c1-16-11-5-3-8-14-12(11)10(15)9-13(17-2)6-4-7-13/h3,5,8,10,15H,4,6-7,9H2,1-2H3. The van der Waals surface area contributed by atoms with Crippen molar-refractivity contribution in [2.24, 2.45) is 0 Å². The number of ether oxygens (including phenoxy) is 2. The van der Waals surface area contributed by atoms with Gasteiger partial charge in [0.1, 0.15) is 17.5 Å². The van der Waals surface area contributed by atoms with E-state index in [0.29, 0.717) is 17.9 Å². The molecule has 17 heavy (non-hydrogen) atoms. The van der Waals surface area contributed by atoms with Crippen molar-refractivity contribution in [3.05, 3.63) is 24.0 Å². The highest BCUT2D eigenvalue weighted by Gasteiger charge is 2.39. The van der Waals surface area contributed by atoms with E-state index in [9.17, 15) is 5.11 Å². The Hall–Kier alpha value is -1.13. The van der Waals surface area contributed by atoms with Crippen molar-refractivity contribution in [2.75, 3.05) is 14.2 Å². The summed E-state index contributed by atoms with van der Waals surface area (Å²) in [6.45, 7) is 0. The van der Waals surface area contributed by atoms with Crippen LogP contribution in [-0.4, -0.2) is 29.9 Å². The predicted molar refractivity (Wildman–Crippen MR) is 64.0 cm³/mol. The van der Waals surface area contributed by atoms with Gasteiger partial charge in [-0.25, -0.2) is 0 Å². The Morgan fingerprint density at radius 1 is 1.47 bits per heavy atom. The molecule has 0 aromatic carbocycles. The van der Waals surface area contributed by atoms with Gasteiger partial charge in [0.25, 0.3) is 0 Å². The van der Waals surface area contributed by atoms with Gasteiger partial charge in [0.15, 0.2) is 0 Å². The fourth-order valence-corrected chi connectivity index (χ4v) is 2.34. The van der Waals surface area contributed by atoms with E-state index in [4.69, 9.17) is 9.47 Å². The van der Waals surface area contributed by atoms with Crippen LogP contribution in [0.15, 0.2) is 18.3 Å². The molecule has 1 atom stereocenters. The first-order valence-electron chi connectivity index (χ1n) is 5.93. The van der Waals surface area contributed by atoms with E-state index in [1.165, 1.54) is 6.42 Å². The molecule has 0 radical (unpaired) electrons. The molecular weight excluding hydrogens is 218 g/mol. The van der Waals surface area contributed by atoms with E-state index >= 15 is 0 Å². The molecule has 4 heteroatoms. The lowest BCUT2D eigenvalue weighted by atomic mass is 9.75. The maximum absolute atomic E-state index is 10.2. The summed E-state index contributed by atoms with van der Waals surface area (Å²) in [7, 11) is 3.30. The second kappa shape index (κ2) is 5.02. The molecule has 1 fully saturated rings. The van der Waals surface area contributed by atoms with Gasteiger partial charge in [0.05, 0.1) is 12.7 Å². The Morgan fingerprint density at radius 3 is 2.76 bits per heavy atom. The number of aliphatic hydroxyl groups is 1. The van der Waals surface area contributed by atoms with Gasteiger partial charge in [-0.2, -0.15) is 0 Å². The van der Waals surface area contributed by atoms with Crippen LogP contribution in [-0.2, 0) is 4.74 Å². The molecule has 1 saturated carbocycles. The first kappa shape index (κ1) is 12.3. The summed E-state index contributed by atoms with van der Waals surface area (Å²) in [4.78, 5) is 4.20. The van der Waals surface area contributed by atoms with Gasteiger partial charge in [-0.15, -0.1) is 0 Å². The Balaban J connectivity index is 2.11. The normalized spacial score (nSPS) is 19.5. The fraction of sp³-hybridized carbons (Fsp3) is 0.615. The van der Waals surface area contributed by atoms with Crippen LogP contribution < -0.4 is 4.74 Å². The van der Waals surface area contributed by atoms with Crippen LogP contribution >= 0.6 is 0 Å². The Kier molecular flexibility index (Phi) is 3.64. The van der Waals surface area contributed by atoms with Crippen molar-refractivity contribution in [3.8, 4) is 5.75 Å². The minimum Gasteiger partial charge on any atom is -0.495 e. The van der Waals surface area contributed by atoms with Crippen molar-refractivity contribution in [1.29, 1.82) is 0 Å². The van der Waals surface area contributed by atoms with Crippen molar-refractivity contribution in [1.82, 2.24) is 4.98 Å². The monoisotopic (exact) mass is 237 g/mol. The van der Waals surface area contributed by atoms with E-state index in [-0.39, 0.29) is 5.60 Å². The predicted octanol–water partition coefficient (Wildman–Crippen LogP) is 2.08. The van der Waals surface area contributed by atoms with Crippen LogP contribution in [0.25, 0.3) is 0 Å². The molecule has 1 unspecified atom stereocenters. The highest BCUT2D eigenvalue weighted by Crippen LogP contribution is 2.42. The van der Waals surface area contributed by atoms with Crippen molar-refractivity contribution < 1.29 is 14.6 Å². The maximum atomic E-state index is 10.2. The lowest BCUT2D eigenvalue weighted by molar-refractivity contribution is -0.101. The molecule has 0 bridgehead atoms. The average molecular weight is 237 g/mol. The van der Waals surface area contributed by atoms with E-state index in [2.05, 4.69) is 4.98 Å². The highest BCUT2D eigenvalue weighted by atomic mass is 16.5. The largest absolute Gasteiger partial charge is 0.495 e. The number of rotatable bonds is 5. The first-order valence-corrected chi connectivity index (χ1v) is 5.93. The molecule has 0 saturated heterocycles. The van der Waals surface area contributed by atoms with Crippen molar-refractivity contribution in [2.45, 2.75) is 37.4 Å². The SMILES string of the molecule is COc1cccnc1C(O)CC1(OC)CCC1. The third-order valence-corrected chi connectivity index (χ3v) is 3.60. The van der Waals surface area contributed by atoms with Crippen LogP contribution in [0, 0.1) is 0 Å². The third-order valence-electron chi connectivity index (χ3n) is 3.60. The van der Waals surface area contributed by atoms with Crippen LogP contribution in [0.5, 0.6) is 5.75 Å². The van der Waals surface area contributed by atoms with Gasteiger partial charge in [-0.05, 0) is 31.4 Å². The van der Waals surface area contributed by atoms with Gasteiger partial charge in [0, 0.05) is 19.7 Å². The van der Waals surface area contributed by atoms with Crippen LogP contribution in [0.4, 0.5) is 0 Å². The zero-order valence-electron chi connectivity index (χ0n) is 10.3. The lowest BCUT2D eigenvalue weighted by Gasteiger charge is -2.41. The maximum Gasteiger partial charge on any atom is 0.143 e. The zero-order valence-corrected chi connectivity index (χ0v) is 10.3. The van der Waals surface area contributed by atoms with Crippen LogP contribution in [0.2, 0.25) is 0 Å². The number of hydrogen-bond donors (Lipinski definition) is 1. The molecule has 1 aromatic rings. The summed E-state index contributed by atoms with van der Waals surface area (Å²) >= 11 is 0. The molecule has 1 heterocycles. The third kappa shape index (κ3) is 2.42. The molecule has 1 aliphatic rings. The first-order chi connectivity index (χ1) is 8.21.